The molecule has 0 fully saturated rings. The Balaban J connectivity index is 2.20. The van der Waals surface area contributed by atoms with Crippen molar-refractivity contribution in [1.82, 2.24) is 0 Å². The van der Waals surface area contributed by atoms with Gasteiger partial charge in [0.25, 0.3) is 0 Å². The average molecular weight is 351 g/mol. The second-order valence-electron chi connectivity index (χ2n) is 4.41. The fourth-order valence-corrected chi connectivity index (χ4v) is 3.11. The molecule has 0 radical (unpaired) electrons. The van der Waals surface area contributed by atoms with E-state index in [1.165, 1.54) is 4.90 Å². The number of carboxylic acid groups (broad SMARTS) is 1. The predicted octanol–water partition coefficient (Wildman–Crippen LogP) is 4.79. The molecule has 0 aliphatic heterocycles. The zero-order valence-electron chi connectivity index (χ0n) is 11.1. The van der Waals surface area contributed by atoms with E-state index in [0.29, 0.717) is 0 Å². The number of benzene rings is 2. The standard InChI is InChI=1S/C16H15BrO2S/c1-2-11-9-15(6-3-12(11)10-16(18)19)20-14-7-4-13(17)5-8-14/h3-9H,2,10H2,1H3,(H,18,19). The fourth-order valence-electron chi connectivity index (χ4n) is 1.97. The van der Waals surface area contributed by atoms with E-state index in [0.717, 1.165) is 26.9 Å². The molecule has 0 saturated heterocycles. The van der Waals surface area contributed by atoms with Gasteiger partial charge in [-0.15, -0.1) is 0 Å². The third-order valence-electron chi connectivity index (χ3n) is 2.95. The molecule has 0 amide bonds. The van der Waals surface area contributed by atoms with Crippen LogP contribution in [0.4, 0.5) is 0 Å². The Bertz CT molecular complexity index is 608. The minimum Gasteiger partial charge on any atom is -0.481 e. The molecule has 0 spiro atoms. The van der Waals surface area contributed by atoms with Gasteiger partial charge in [0.2, 0.25) is 0 Å². The molecule has 0 aromatic heterocycles. The number of aliphatic carboxylic acids is 1. The first kappa shape index (κ1) is 15.1. The molecule has 2 aromatic rings. The van der Waals surface area contributed by atoms with E-state index in [4.69, 9.17) is 5.11 Å². The summed E-state index contributed by atoms with van der Waals surface area (Å²) in [6, 6.07) is 14.2. The van der Waals surface area contributed by atoms with Gasteiger partial charge in [0, 0.05) is 14.3 Å². The van der Waals surface area contributed by atoms with E-state index in [-0.39, 0.29) is 6.42 Å². The molecule has 2 aromatic carbocycles. The Morgan fingerprint density at radius 3 is 2.35 bits per heavy atom. The summed E-state index contributed by atoms with van der Waals surface area (Å²) in [5.74, 6) is -0.784. The number of hydrogen-bond donors (Lipinski definition) is 1. The van der Waals surface area contributed by atoms with Crippen LogP contribution < -0.4 is 0 Å². The van der Waals surface area contributed by atoms with Crippen LogP contribution >= 0.6 is 27.7 Å². The van der Waals surface area contributed by atoms with Crippen LogP contribution in [0.3, 0.4) is 0 Å². The molecule has 0 saturated carbocycles. The van der Waals surface area contributed by atoms with E-state index in [2.05, 4.69) is 41.1 Å². The van der Waals surface area contributed by atoms with Crippen LogP contribution in [0, 0.1) is 0 Å². The van der Waals surface area contributed by atoms with Gasteiger partial charge in [-0.25, -0.2) is 0 Å². The van der Waals surface area contributed by atoms with Crippen molar-refractivity contribution in [2.45, 2.75) is 29.6 Å². The van der Waals surface area contributed by atoms with Crippen LogP contribution in [0.2, 0.25) is 0 Å². The maximum Gasteiger partial charge on any atom is 0.307 e. The molecule has 0 bridgehead atoms. The molecular formula is C16H15BrO2S. The molecule has 2 rings (SSSR count). The molecule has 1 N–H and O–H groups in total. The van der Waals surface area contributed by atoms with Gasteiger partial charge in [0.05, 0.1) is 6.42 Å². The monoisotopic (exact) mass is 350 g/mol. The number of rotatable bonds is 5. The highest BCUT2D eigenvalue weighted by atomic mass is 79.9. The number of carboxylic acids is 1. The van der Waals surface area contributed by atoms with Gasteiger partial charge in [0.1, 0.15) is 0 Å². The second kappa shape index (κ2) is 6.95. The predicted molar refractivity (Wildman–Crippen MR) is 85.4 cm³/mol. The van der Waals surface area contributed by atoms with Crippen molar-refractivity contribution in [3.8, 4) is 0 Å². The summed E-state index contributed by atoms with van der Waals surface area (Å²) < 4.78 is 1.06. The highest BCUT2D eigenvalue weighted by Crippen LogP contribution is 2.30. The molecule has 20 heavy (non-hydrogen) atoms. The normalized spacial score (nSPS) is 10.5. The van der Waals surface area contributed by atoms with Crippen LogP contribution in [-0.2, 0) is 17.6 Å². The van der Waals surface area contributed by atoms with Crippen LogP contribution in [0.5, 0.6) is 0 Å². The summed E-state index contributed by atoms with van der Waals surface area (Å²) in [5, 5.41) is 8.91. The molecule has 4 heteroatoms. The zero-order chi connectivity index (χ0) is 14.5. The lowest BCUT2D eigenvalue weighted by molar-refractivity contribution is -0.136. The first-order valence-electron chi connectivity index (χ1n) is 6.35. The van der Waals surface area contributed by atoms with Gasteiger partial charge in [-0.2, -0.15) is 0 Å². The average Bonchev–Trinajstić information content (AvgIpc) is 2.42. The van der Waals surface area contributed by atoms with Crippen molar-refractivity contribution >= 4 is 33.7 Å². The molecule has 0 aliphatic carbocycles. The van der Waals surface area contributed by atoms with Crippen LogP contribution in [0.15, 0.2) is 56.7 Å². The molecule has 2 nitrogen and oxygen atoms in total. The van der Waals surface area contributed by atoms with Gasteiger partial charge in [-0.05, 0) is 53.9 Å². The highest BCUT2D eigenvalue weighted by Gasteiger charge is 2.07. The smallest absolute Gasteiger partial charge is 0.307 e. The summed E-state index contributed by atoms with van der Waals surface area (Å²) in [5.41, 5.74) is 2.01. The highest BCUT2D eigenvalue weighted by molar-refractivity contribution is 9.10. The lowest BCUT2D eigenvalue weighted by Gasteiger charge is -2.09. The summed E-state index contributed by atoms with van der Waals surface area (Å²) in [7, 11) is 0. The molecule has 0 aliphatic rings. The number of halogens is 1. The number of carbonyl (C=O) groups is 1. The van der Waals surface area contributed by atoms with Crippen molar-refractivity contribution in [3.05, 3.63) is 58.1 Å². The molecular weight excluding hydrogens is 336 g/mol. The van der Waals surface area contributed by atoms with Crippen molar-refractivity contribution < 1.29 is 9.90 Å². The topological polar surface area (TPSA) is 37.3 Å². The lowest BCUT2D eigenvalue weighted by Crippen LogP contribution is -2.03. The first-order valence-corrected chi connectivity index (χ1v) is 7.96. The lowest BCUT2D eigenvalue weighted by atomic mass is 10.0. The van der Waals surface area contributed by atoms with Crippen molar-refractivity contribution in [2.75, 3.05) is 0 Å². The maximum absolute atomic E-state index is 10.8. The van der Waals surface area contributed by atoms with E-state index in [1.54, 1.807) is 11.8 Å². The second-order valence-corrected chi connectivity index (χ2v) is 6.47. The summed E-state index contributed by atoms with van der Waals surface area (Å²) >= 11 is 5.11. The summed E-state index contributed by atoms with van der Waals surface area (Å²) in [6.07, 6.45) is 0.934. The minimum atomic E-state index is -0.784. The van der Waals surface area contributed by atoms with E-state index >= 15 is 0 Å². The number of hydrogen-bond acceptors (Lipinski definition) is 2. The largest absolute Gasteiger partial charge is 0.481 e. The van der Waals surface area contributed by atoms with Gasteiger partial charge in [-0.3, -0.25) is 4.79 Å². The Kier molecular flexibility index (Phi) is 5.26. The molecule has 0 atom stereocenters. The van der Waals surface area contributed by atoms with Crippen molar-refractivity contribution in [1.29, 1.82) is 0 Å². The summed E-state index contributed by atoms with van der Waals surface area (Å²) in [6.45, 7) is 2.05. The number of aryl methyl sites for hydroxylation is 1. The van der Waals surface area contributed by atoms with Crippen LogP contribution in [-0.4, -0.2) is 11.1 Å². The third kappa shape index (κ3) is 4.12. The van der Waals surface area contributed by atoms with Crippen LogP contribution in [0.1, 0.15) is 18.1 Å². The molecule has 104 valence electrons. The van der Waals surface area contributed by atoms with Gasteiger partial charge >= 0.3 is 5.97 Å². The zero-order valence-corrected chi connectivity index (χ0v) is 13.5. The Morgan fingerprint density at radius 2 is 1.75 bits per heavy atom. The van der Waals surface area contributed by atoms with Gasteiger partial charge in [0.15, 0.2) is 0 Å². The maximum atomic E-state index is 10.8. The Morgan fingerprint density at radius 1 is 1.10 bits per heavy atom. The summed E-state index contributed by atoms with van der Waals surface area (Å²) in [4.78, 5) is 13.1. The minimum absolute atomic E-state index is 0.0897. The van der Waals surface area contributed by atoms with Gasteiger partial charge in [-0.1, -0.05) is 40.7 Å². The van der Waals surface area contributed by atoms with E-state index in [9.17, 15) is 4.79 Å². The molecule has 0 unspecified atom stereocenters. The molecule has 0 heterocycles. The van der Waals surface area contributed by atoms with Crippen molar-refractivity contribution in [2.24, 2.45) is 0 Å². The fraction of sp³-hybridized carbons (Fsp3) is 0.188. The van der Waals surface area contributed by atoms with Crippen molar-refractivity contribution in [3.63, 3.8) is 0 Å². The van der Waals surface area contributed by atoms with E-state index < -0.39 is 5.97 Å². The van der Waals surface area contributed by atoms with E-state index in [1.807, 2.05) is 24.3 Å². The SMILES string of the molecule is CCc1cc(Sc2ccc(Br)cc2)ccc1CC(=O)O. The third-order valence-corrected chi connectivity index (χ3v) is 4.48. The Labute approximate surface area is 131 Å². The quantitative estimate of drug-likeness (QED) is 0.842. The first-order chi connectivity index (χ1) is 9.58. The van der Waals surface area contributed by atoms with Gasteiger partial charge < -0.3 is 5.11 Å². The van der Waals surface area contributed by atoms with Crippen LogP contribution in [0.25, 0.3) is 0 Å². The Hall–Kier alpha value is -1.26.